The van der Waals surface area contributed by atoms with E-state index < -0.39 is 0 Å². The molecule has 0 saturated heterocycles. The molecule has 4 bridgehead atoms. The van der Waals surface area contributed by atoms with Crippen LogP contribution in [0.4, 0.5) is 17.1 Å². The zero-order valence-corrected chi connectivity index (χ0v) is 31.7. The summed E-state index contributed by atoms with van der Waals surface area (Å²) in [6.45, 7) is 4.94. The molecule has 7 aliphatic carbocycles. The predicted molar refractivity (Wildman–Crippen MR) is 220 cm³/mol. The SMILES string of the molecule is CC1(C)c2cc(N(c3ccc(C4CC5CCC4C5)cc3)c3ccc(C4CC5CCC4C5)cc3)ccc2-c2cc3c(cc21)-c1ccccc1C31CCCC1. The first-order valence-corrected chi connectivity index (χ1v) is 21.4. The first-order chi connectivity index (χ1) is 25.9. The zero-order valence-electron chi connectivity index (χ0n) is 31.7. The topological polar surface area (TPSA) is 3.24 Å². The molecule has 1 nitrogen and oxygen atoms in total. The fraction of sp³-hybridized carbons (Fsp3) is 0.423. The van der Waals surface area contributed by atoms with Crippen molar-refractivity contribution < 1.29 is 0 Å². The Kier molecular flexibility index (Phi) is 6.62. The molecule has 6 unspecified atom stereocenters. The number of anilines is 3. The van der Waals surface area contributed by atoms with E-state index in [1.165, 1.54) is 127 Å². The molecule has 266 valence electrons. The van der Waals surface area contributed by atoms with Crippen LogP contribution in [0.3, 0.4) is 0 Å². The summed E-state index contributed by atoms with van der Waals surface area (Å²) >= 11 is 0. The van der Waals surface area contributed by atoms with Crippen LogP contribution in [0.2, 0.25) is 0 Å². The van der Waals surface area contributed by atoms with E-state index in [1.54, 1.807) is 22.3 Å². The van der Waals surface area contributed by atoms with Gasteiger partial charge in [0, 0.05) is 27.9 Å². The molecule has 0 amide bonds. The molecule has 5 saturated carbocycles. The highest BCUT2D eigenvalue weighted by Gasteiger charge is 2.47. The van der Waals surface area contributed by atoms with Crippen molar-refractivity contribution in [1.29, 1.82) is 0 Å². The highest BCUT2D eigenvalue weighted by atomic mass is 15.1. The Labute approximate surface area is 316 Å². The van der Waals surface area contributed by atoms with Gasteiger partial charge in [-0.05, 0) is 191 Å². The Morgan fingerprint density at radius 1 is 0.472 bits per heavy atom. The molecule has 5 aromatic carbocycles. The second-order valence-electron chi connectivity index (χ2n) is 19.2. The van der Waals surface area contributed by atoms with Crippen molar-refractivity contribution in [2.24, 2.45) is 23.7 Å². The fourth-order valence-electron chi connectivity index (χ4n) is 13.8. The molecule has 0 aliphatic heterocycles. The molecule has 0 heterocycles. The lowest BCUT2D eigenvalue weighted by Gasteiger charge is -2.29. The maximum atomic E-state index is 2.64. The molecule has 1 spiro atoms. The van der Waals surface area contributed by atoms with Gasteiger partial charge in [0.25, 0.3) is 0 Å². The number of fused-ring (bicyclic) bond motifs is 12. The second-order valence-corrected chi connectivity index (χ2v) is 19.2. The minimum absolute atomic E-state index is 0.0843. The lowest BCUT2D eigenvalue weighted by molar-refractivity contribution is 0.420. The largest absolute Gasteiger partial charge is 0.310 e. The number of nitrogens with zero attached hydrogens (tertiary/aromatic N) is 1. The van der Waals surface area contributed by atoms with Crippen LogP contribution in [0.25, 0.3) is 22.3 Å². The molecule has 12 rings (SSSR count). The van der Waals surface area contributed by atoms with Crippen LogP contribution in [0.5, 0.6) is 0 Å². The third kappa shape index (κ3) is 4.43. The van der Waals surface area contributed by atoms with Gasteiger partial charge < -0.3 is 4.90 Å². The average molecular weight is 692 g/mol. The molecule has 6 atom stereocenters. The van der Waals surface area contributed by atoms with Gasteiger partial charge >= 0.3 is 0 Å². The Bertz CT molecular complexity index is 2190. The average Bonchev–Trinajstić information content (AvgIpc) is 4.08. The van der Waals surface area contributed by atoms with Crippen LogP contribution < -0.4 is 4.90 Å². The van der Waals surface area contributed by atoms with E-state index in [1.807, 2.05) is 0 Å². The lowest BCUT2D eigenvalue weighted by atomic mass is 9.75. The lowest BCUT2D eigenvalue weighted by Crippen LogP contribution is -2.21. The van der Waals surface area contributed by atoms with Gasteiger partial charge in [0.05, 0.1) is 0 Å². The molecule has 0 aromatic heterocycles. The summed E-state index contributed by atoms with van der Waals surface area (Å²) in [5.41, 5.74) is 19.1. The van der Waals surface area contributed by atoms with Gasteiger partial charge in [0.1, 0.15) is 0 Å². The van der Waals surface area contributed by atoms with Crippen molar-refractivity contribution in [2.75, 3.05) is 4.90 Å². The van der Waals surface area contributed by atoms with E-state index in [-0.39, 0.29) is 10.8 Å². The maximum Gasteiger partial charge on any atom is 0.0465 e. The molecule has 0 N–H and O–H groups in total. The van der Waals surface area contributed by atoms with E-state index in [0.717, 1.165) is 35.5 Å². The second kappa shape index (κ2) is 11.2. The van der Waals surface area contributed by atoms with Crippen molar-refractivity contribution >= 4 is 17.1 Å². The number of rotatable bonds is 5. The minimum atomic E-state index is -0.0843. The summed E-state index contributed by atoms with van der Waals surface area (Å²) in [7, 11) is 0. The smallest absolute Gasteiger partial charge is 0.0465 e. The summed E-state index contributed by atoms with van der Waals surface area (Å²) in [4.78, 5) is 2.55. The number of benzene rings is 5. The number of hydrogen-bond donors (Lipinski definition) is 0. The summed E-state index contributed by atoms with van der Waals surface area (Å²) in [6.07, 6.45) is 16.7. The molecule has 53 heavy (non-hydrogen) atoms. The van der Waals surface area contributed by atoms with E-state index in [2.05, 4.69) is 122 Å². The van der Waals surface area contributed by atoms with E-state index >= 15 is 0 Å². The van der Waals surface area contributed by atoms with E-state index in [4.69, 9.17) is 0 Å². The van der Waals surface area contributed by atoms with Gasteiger partial charge in [-0.3, -0.25) is 0 Å². The Morgan fingerprint density at radius 3 is 1.58 bits per heavy atom. The molecule has 7 aliphatic rings. The summed E-state index contributed by atoms with van der Waals surface area (Å²) in [5, 5.41) is 0. The Balaban J connectivity index is 0.952. The molecule has 1 heteroatoms. The monoisotopic (exact) mass is 691 g/mol. The number of hydrogen-bond acceptors (Lipinski definition) is 1. The molecule has 5 aromatic rings. The first-order valence-electron chi connectivity index (χ1n) is 21.4. The molecular weight excluding hydrogens is 639 g/mol. The van der Waals surface area contributed by atoms with Crippen LogP contribution in [0, 0.1) is 23.7 Å². The molecular formula is C52H53N. The highest BCUT2D eigenvalue weighted by molar-refractivity contribution is 5.91. The van der Waals surface area contributed by atoms with Gasteiger partial charge in [0.2, 0.25) is 0 Å². The quantitative estimate of drug-likeness (QED) is 0.177. The van der Waals surface area contributed by atoms with Crippen molar-refractivity contribution in [1.82, 2.24) is 0 Å². The Hall–Kier alpha value is -4.10. The first kappa shape index (κ1) is 31.3. The van der Waals surface area contributed by atoms with Crippen molar-refractivity contribution in [3.63, 3.8) is 0 Å². The normalized spacial score (nSPS) is 28.7. The molecule has 5 fully saturated rings. The van der Waals surface area contributed by atoms with Crippen LogP contribution >= 0.6 is 0 Å². The van der Waals surface area contributed by atoms with Gasteiger partial charge in [-0.15, -0.1) is 0 Å². The Morgan fingerprint density at radius 2 is 1.00 bits per heavy atom. The summed E-state index contributed by atoms with van der Waals surface area (Å²) in [6, 6.07) is 41.7. The minimum Gasteiger partial charge on any atom is -0.310 e. The van der Waals surface area contributed by atoms with Gasteiger partial charge in [-0.1, -0.05) is 94.1 Å². The van der Waals surface area contributed by atoms with Crippen LogP contribution in [-0.2, 0) is 10.8 Å². The standard InChI is InChI=1S/C52H53N/c1-51(2)48-29-40(21-22-42(48)45-31-50-46(30-49(45)51)41-7-3-4-8-47(41)52(50)23-5-6-24-52)53(38-17-13-34(14-18-38)43-27-32-9-11-36(43)25-32)39-19-15-35(16-20-39)44-28-33-10-12-37(44)26-33/h3-4,7-8,13-22,29-33,36-37,43-44H,5-6,9-12,23-28H2,1-2H3. The molecule has 0 radical (unpaired) electrons. The van der Waals surface area contributed by atoms with Crippen LogP contribution in [0.15, 0.2) is 103 Å². The fourth-order valence-corrected chi connectivity index (χ4v) is 13.8. The van der Waals surface area contributed by atoms with E-state index in [0.29, 0.717) is 0 Å². The highest BCUT2D eigenvalue weighted by Crippen LogP contribution is 2.61. The van der Waals surface area contributed by atoms with Crippen molar-refractivity contribution in [3.8, 4) is 22.3 Å². The van der Waals surface area contributed by atoms with Gasteiger partial charge in [-0.25, -0.2) is 0 Å². The van der Waals surface area contributed by atoms with E-state index in [9.17, 15) is 0 Å². The van der Waals surface area contributed by atoms with Gasteiger partial charge in [-0.2, -0.15) is 0 Å². The predicted octanol–water partition coefficient (Wildman–Crippen LogP) is 14.1. The maximum absolute atomic E-state index is 2.64. The van der Waals surface area contributed by atoms with Crippen LogP contribution in [-0.4, -0.2) is 0 Å². The summed E-state index contributed by atoms with van der Waals surface area (Å²) < 4.78 is 0. The third-order valence-corrected chi connectivity index (χ3v) is 16.4. The van der Waals surface area contributed by atoms with Crippen molar-refractivity contribution in [3.05, 3.63) is 137 Å². The van der Waals surface area contributed by atoms with Crippen molar-refractivity contribution in [2.45, 2.75) is 114 Å². The van der Waals surface area contributed by atoms with Gasteiger partial charge in [0.15, 0.2) is 0 Å². The van der Waals surface area contributed by atoms with Crippen LogP contribution in [0.1, 0.15) is 136 Å². The zero-order chi connectivity index (χ0) is 35.1. The summed E-state index contributed by atoms with van der Waals surface area (Å²) in [5.74, 6) is 5.25. The third-order valence-electron chi connectivity index (χ3n) is 16.4.